The van der Waals surface area contributed by atoms with E-state index in [0.717, 1.165) is 28.1 Å². The molecule has 0 unspecified atom stereocenters. The van der Waals surface area contributed by atoms with Crippen LogP contribution in [0, 0.1) is 13.8 Å². The summed E-state index contributed by atoms with van der Waals surface area (Å²) in [6, 6.07) is 15.8. The second-order valence-electron chi connectivity index (χ2n) is 7.46. The fraction of sp³-hybridized carbons (Fsp3) is 0.292. The normalized spacial score (nSPS) is 10.7. The first-order chi connectivity index (χ1) is 14.4. The summed E-state index contributed by atoms with van der Waals surface area (Å²) in [4.78, 5) is 26.9. The van der Waals surface area contributed by atoms with Crippen LogP contribution in [0.1, 0.15) is 39.7 Å². The highest BCUT2D eigenvalue weighted by atomic mass is 16.2. The van der Waals surface area contributed by atoms with Crippen molar-refractivity contribution in [3.63, 3.8) is 0 Å². The van der Waals surface area contributed by atoms with Crippen molar-refractivity contribution in [2.75, 3.05) is 18.9 Å². The molecule has 0 saturated carbocycles. The Balaban J connectivity index is 1.69. The van der Waals surface area contributed by atoms with E-state index < -0.39 is 0 Å². The molecule has 0 bridgehead atoms. The first kappa shape index (κ1) is 21.3. The summed E-state index contributed by atoms with van der Waals surface area (Å²) < 4.78 is 1.85. The summed E-state index contributed by atoms with van der Waals surface area (Å²) in [5, 5.41) is 7.32. The highest BCUT2D eigenvalue weighted by Crippen LogP contribution is 2.18. The quantitative estimate of drug-likeness (QED) is 0.651. The Bertz CT molecular complexity index is 1040. The van der Waals surface area contributed by atoms with Gasteiger partial charge in [0.2, 0.25) is 5.91 Å². The van der Waals surface area contributed by atoms with Gasteiger partial charge in [0.1, 0.15) is 0 Å². The Morgan fingerprint density at radius 1 is 1.07 bits per heavy atom. The molecule has 3 aromatic rings. The summed E-state index contributed by atoms with van der Waals surface area (Å²) in [6.45, 7) is 6.55. The smallest absolute Gasteiger partial charge is 0.257 e. The molecule has 6 nitrogen and oxygen atoms in total. The summed E-state index contributed by atoms with van der Waals surface area (Å²) in [5.74, 6) is -0.434. The Kier molecular flexibility index (Phi) is 6.67. The minimum Gasteiger partial charge on any atom is -0.332 e. The third-order valence-electron chi connectivity index (χ3n) is 5.30. The lowest BCUT2D eigenvalue weighted by molar-refractivity contribution is -0.116. The van der Waals surface area contributed by atoms with Crippen LogP contribution in [-0.2, 0) is 17.8 Å². The van der Waals surface area contributed by atoms with Gasteiger partial charge in [0, 0.05) is 12.7 Å². The highest BCUT2D eigenvalue weighted by Gasteiger charge is 2.21. The van der Waals surface area contributed by atoms with Crippen molar-refractivity contribution in [2.45, 2.75) is 33.7 Å². The topological polar surface area (TPSA) is 67.2 Å². The fourth-order valence-corrected chi connectivity index (χ4v) is 3.42. The molecular weight excluding hydrogens is 376 g/mol. The molecule has 0 aliphatic rings. The monoisotopic (exact) mass is 404 g/mol. The van der Waals surface area contributed by atoms with Gasteiger partial charge in [-0.2, -0.15) is 5.10 Å². The van der Waals surface area contributed by atoms with Gasteiger partial charge < -0.3 is 10.2 Å². The number of hydrogen-bond acceptors (Lipinski definition) is 3. The van der Waals surface area contributed by atoms with Crippen LogP contribution in [0.3, 0.4) is 0 Å². The molecule has 0 saturated heterocycles. The molecule has 30 heavy (non-hydrogen) atoms. The number of rotatable bonds is 7. The van der Waals surface area contributed by atoms with Gasteiger partial charge in [0.25, 0.3) is 5.91 Å². The molecule has 2 aromatic carbocycles. The van der Waals surface area contributed by atoms with Crippen LogP contribution in [0.2, 0.25) is 0 Å². The van der Waals surface area contributed by atoms with E-state index in [-0.39, 0.29) is 18.4 Å². The molecule has 0 aliphatic carbocycles. The zero-order chi connectivity index (χ0) is 21.7. The van der Waals surface area contributed by atoms with Gasteiger partial charge in [-0.05, 0) is 43.0 Å². The molecule has 1 heterocycles. The third-order valence-corrected chi connectivity index (χ3v) is 5.30. The van der Waals surface area contributed by atoms with Gasteiger partial charge in [-0.3, -0.25) is 14.3 Å². The Morgan fingerprint density at radius 2 is 1.80 bits per heavy atom. The summed E-state index contributed by atoms with van der Waals surface area (Å²) in [6.07, 6.45) is 2.28. The van der Waals surface area contributed by atoms with E-state index in [1.54, 1.807) is 13.2 Å². The highest BCUT2D eigenvalue weighted by molar-refractivity contribution is 6.00. The van der Waals surface area contributed by atoms with Gasteiger partial charge in [0.05, 0.1) is 30.5 Å². The number of aromatic nitrogens is 2. The molecule has 0 fully saturated rings. The number of carbonyl (C=O) groups excluding carboxylic acids is 2. The molecule has 0 spiro atoms. The fourth-order valence-electron chi connectivity index (χ4n) is 3.42. The van der Waals surface area contributed by atoms with E-state index in [1.165, 1.54) is 4.90 Å². The van der Waals surface area contributed by atoms with Crippen LogP contribution in [0.25, 0.3) is 0 Å². The van der Waals surface area contributed by atoms with E-state index in [4.69, 9.17) is 0 Å². The van der Waals surface area contributed by atoms with Crippen molar-refractivity contribution in [2.24, 2.45) is 0 Å². The van der Waals surface area contributed by atoms with Crippen LogP contribution in [0.4, 0.5) is 5.69 Å². The van der Waals surface area contributed by atoms with Crippen LogP contribution in [-0.4, -0.2) is 40.1 Å². The Hall–Kier alpha value is -3.41. The van der Waals surface area contributed by atoms with Gasteiger partial charge in [-0.15, -0.1) is 0 Å². The lowest BCUT2D eigenvalue weighted by Crippen LogP contribution is -2.35. The van der Waals surface area contributed by atoms with Gasteiger partial charge in [-0.1, -0.05) is 49.4 Å². The second kappa shape index (κ2) is 9.39. The number of amides is 2. The predicted octanol–water partition coefficient (Wildman–Crippen LogP) is 3.82. The first-order valence-electron chi connectivity index (χ1n) is 10.1. The summed E-state index contributed by atoms with van der Waals surface area (Å²) in [5.41, 5.74) is 5.42. The van der Waals surface area contributed by atoms with Crippen molar-refractivity contribution in [3.8, 4) is 0 Å². The molecule has 6 heteroatoms. The Labute approximate surface area is 177 Å². The van der Waals surface area contributed by atoms with Gasteiger partial charge >= 0.3 is 0 Å². The molecule has 3 rings (SSSR count). The van der Waals surface area contributed by atoms with Crippen molar-refractivity contribution >= 4 is 17.5 Å². The molecule has 2 amide bonds. The molecule has 156 valence electrons. The van der Waals surface area contributed by atoms with Crippen LogP contribution in [0.15, 0.2) is 54.7 Å². The number of hydrogen-bond donors (Lipinski definition) is 1. The zero-order valence-corrected chi connectivity index (χ0v) is 18.0. The number of nitrogens with one attached hydrogen (secondary N) is 1. The molecule has 0 atom stereocenters. The third kappa shape index (κ3) is 4.76. The molecule has 0 aliphatic heterocycles. The average Bonchev–Trinajstić information content (AvgIpc) is 3.13. The minimum atomic E-state index is -0.228. The van der Waals surface area contributed by atoms with Crippen molar-refractivity contribution < 1.29 is 9.59 Å². The lowest BCUT2D eigenvalue weighted by atomic mass is 10.1. The molecule has 1 N–H and O–H groups in total. The second-order valence-corrected chi connectivity index (χ2v) is 7.46. The minimum absolute atomic E-state index is 0.0285. The SMILES string of the molecule is CCc1c(C(=O)N(C)CC(=O)Nc2cccc(C)c2C)cnn1Cc1ccccc1. The van der Waals surface area contributed by atoms with Crippen molar-refractivity contribution in [1.82, 2.24) is 14.7 Å². The standard InChI is InChI=1S/C24H28N4O2/c1-5-22-20(14-25-28(22)15-19-11-7-6-8-12-19)24(30)27(4)16-23(29)26-21-13-9-10-17(2)18(21)3/h6-14H,5,15-16H2,1-4H3,(H,26,29). The largest absolute Gasteiger partial charge is 0.332 e. The molecule has 0 radical (unpaired) electrons. The van der Waals surface area contributed by atoms with E-state index in [1.807, 2.05) is 74.0 Å². The van der Waals surface area contributed by atoms with Crippen molar-refractivity contribution in [1.29, 1.82) is 0 Å². The van der Waals surface area contributed by atoms with Crippen molar-refractivity contribution in [3.05, 3.63) is 82.7 Å². The summed E-state index contributed by atoms with van der Waals surface area (Å²) >= 11 is 0. The van der Waals surface area contributed by atoms with E-state index >= 15 is 0 Å². The maximum Gasteiger partial charge on any atom is 0.257 e. The van der Waals surface area contributed by atoms with E-state index in [0.29, 0.717) is 18.5 Å². The maximum absolute atomic E-state index is 13.0. The number of benzene rings is 2. The van der Waals surface area contributed by atoms with E-state index in [2.05, 4.69) is 10.4 Å². The average molecular weight is 405 g/mol. The predicted molar refractivity (Wildman–Crippen MR) is 119 cm³/mol. The first-order valence-corrected chi connectivity index (χ1v) is 10.1. The Morgan fingerprint density at radius 3 is 2.50 bits per heavy atom. The van der Waals surface area contributed by atoms with E-state index in [9.17, 15) is 9.59 Å². The number of aryl methyl sites for hydroxylation is 1. The number of likely N-dealkylation sites (N-methyl/N-ethyl adjacent to an activating group) is 1. The van der Waals surface area contributed by atoms with Gasteiger partial charge in [-0.25, -0.2) is 0 Å². The summed E-state index contributed by atoms with van der Waals surface area (Å²) in [7, 11) is 1.64. The lowest BCUT2D eigenvalue weighted by Gasteiger charge is -2.18. The van der Waals surface area contributed by atoms with Crippen LogP contribution >= 0.6 is 0 Å². The zero-order valence-electron chi connectivity index (χ0n) is 18.0. The molecular formula is C24H28N4O2. The molecule has 1 aromatic heterocycles. The van der Waals surface area contributed by atoms with Gasteiger partial charge in [0.15, 0.2) is 0 Å². The van der Waals surface area contributed by atoms with Crippen LogP contribution in [0.5, 0.6) is 0 Å². The number of anilines is 1. The number of carbonyl (C=O) groups is 2. The maximum atomic E-state index is 13.0. The number of nitrogens with zero attached hydrogens (tertiary/aromatic N) is 3. The van der Waals surface area contributed by atoms with Crippen LogP contribution < -0.4 is 5.32 Å².